The van der Waals surface area contributed by atoms with Gasteiger partial charge in [0.2, 0.25) is 6.10 Å². The summed E-state index contributed by atoms with van der Waals surface area (Å²) in [4.78, 5) is 17.9. The van der Waals surface area contributed by atoms with Crippen molar-refractivity contribution in [2.24, 2.45) is 4.99 Å². The number of fused-ring (bicyclic) bond motifs is 2. The van der Waals surface area contributed by atoms with Crippen LogP contribution in [0.15, 0.2) is 65.0 Å². The Kier molecular flexibility index (Phi) is 5.25. The highest BCUT2D eigenvalue weighted by Crippen LogP contribution is 2.33. The standard InChI is InChI=1S/C21H20N2O5S2/c1-4-11-23-15-10-9-14(30(3,25)26)12-18(15)29-21(23)22-20(24)19-13(2)27-16-7-5-6-8-17(16)28-19/h4-10,12-13,19H,1,11H2,2-3H3. The van der Waals surface area contributed by atoms with Crippen LogP contribution in [0.25, 0.3) is 10.2 Å². The number of carbonyl (C=O) groups is 1. The third-order valence-electron chi connectivity index (χ3n) is 4.69. The third kappa shape index (κ3) is 3.78. The maximum absolute atomic E-state index is 12.9. The number of hydrogen-bond donors (Lipinski definition) is 0. The van der Waals surface area contributed by atoms with Crippen molar-refractivity contribution in [3.8, 4) is 11.5 Å². The molecule has 1 aromatic heterocycles. The summed E-state index contributed by atoms with van der Waals surface area (Å²) in [5.41, 5.74) is 0.776. The van der Waals surface area contributed by atoms with E-state index >= 15 is 0 Å². The molecule has 0 spiro atoms. The lowest BCUT2D eigenvalue weighted by molar-refractivity contribution is -0.130. The fourth-order valence-electron chi connectivity index (χ4n) is 3.22. The fourth-order valence-corrected chi connectivity index (χ4v) is 5.03. The normalized spacial score (nSPS) is 19.1. The highest BCUT2D eigenvalue weighted by Gasteiger charge is 2.34. The van der Waals surface area contributed by atoms with Crippen molar-refractivity contribution >= 4 is 37.3 Å². The molecular weight excluding hydrogens is 424 g/mol. The lowest BCUT2D eigenvalue weighted by Gasteiger charge is -2.29. The van der Waals surface area contributed by atoms with Crippen LogP contribution in [-0.2, 0) is 21.2 Å². The SMILES string of the molecule is C=CCn1c(=NC(=O)C2Oc3ccccc3OC2C)sc2cc(S(C)(=O)=O)ccc21. The second-order valence-corrected chi connectivity index (χ2v) is 9.97. The highest BCUT2D eigenvalue weighted by atomic mass is 32.2. The molecule has 3 aromatic rings. The van der Waals surface area contributed by atoms with Gasteiger partial charge in [-0.2, -0.15) is 4.99 Å². The summed E-state index contributed by atoms with van der Waals surface area (Å²) in [6.07, 6.45) is 1.47. The summed E-state index contributed by atoms with van der Waals surface area (Å²) in [7, 11) is -3.34. The Morgan fingerprint density at radius 2 is 1.93 bits per heavy atom. The molecule has 2 atom stereocenters. The predicted octanol–water partition coefficient (Wildman–Crippen LogP) is 2.95. The summed E-state index contributed by atoms with van der Waals surface area (Å²) in [6, 6.07) is 12.0. The molecule has 1 aliphatic rings. The Hall–Kier alpha value is -2.91. The van der Waals surface area contributed by atoms with Crippen molar-refractivity contribution in [2.75, 3.05) is 6.26 Å². The predicted molar refractivity (Wildman–Crippen MR) is 115 cm³/mol. The third-order valence-corrected chi connectivity index (χ3v) is 6.84. The van der Waals surface area contributed by atoms with Gasteiger partial charge < -0.3 is 14.0 Å². The molecule has 0 aliphatic carbocycles. The second kappa shape index (κ2) is 7.73. The molecule has 9 heteroatoms. The van der Waals surface area contributed by atoms with Gasteiger partial charge in [-0.15, -0.1) is 6.58 Å². The van der Waals surface area contributed by atoms with Gasteiger partial charge in [0.05, 0.1) is 15.1 Å². The van der Waals surface area contributed by atoms with E-state index in [1.807, 2.05) is 10.6 Å². The summed E-state index contributed by atoms with van der Waals surface area (Å²) >= 11 is 1.24. The van der Waals surface area contributed by atoms with Gasteiger partial charge in [-0.05, 0) is 37.3 Å². The first-order chi connectivity index (χ1) is 14.3. The Morgan fingerprint density at radius 1 is 1.23 bits per heavy atom. The van der Waals surface area contributed by atoms with Crippen LogP contribution in [-0.4, -0.2) is 37.4 Å². The molecule has 2 heterocycles. The zero-order chi connectivity index (χ0) is 21.5. The van der Waals surface area contributed by atoms with E-state index in [1.165, 1.54) is 11.3 Å². The molecule has 0 saturated carbocycles. The first-order valence-electron chi connectivity index (χ1n) is 9.23. The highest BCUT2D eigenvalue weighted by molar-refractivity contribution is 7.90. The minimum Gasteiger partial charge on any atom is -0.482 e. The number of sulfone groups is 1. The molecule has 7 nitrogen and oxygen atoms in total. The van der Waals surface area contributed by atoms with E-state index in [0.29, 0.717) is 27.5 Å². The van der Waals surface area contributed by atoms with Gasteiger partial charge in [-0.25, -0.2) is 8.42 Å². The molecule has 30 heavy (non-hydrogen) atoms. The maximum Gasteiger partial charge on any atom is 0.293 e. The smallest absolute Gasteiger partial charge is 0.293 e. The molecule has 1 amide bonds. The second-order valence-electron chi connectivity index (χ2n) is 6.94. The van der Waals surface area contributed by atoms with Gasteiger partial charge in [0, 0.05) is 12.8 Å². The molecule has 0 fully saturated rings. The van der Waals surface area contributed by atoms with Gasteiger partial charge in [0.1, 0.15) is 6.10 Å². The van der Waals surface area contributed by atoms with Crippen molar-refractivity contribution in [3.05, 3.63) is 59.9 Å². The zero-order valence-electron chi connectivity index (χ0n) is 16.4. The minimum absolute atomic E-state index is 0.217. The molecular formula is C21H20N2O5S2. The topological polar surface area (TPSA) is 87.0 Å². The number of hydrogen-bond acceptors (Lipinski definition) is 6. The number of thiazole rings is 1. The number of benzene rings is 2. The van der Waals surface area contributed by atoms with Crippen LogP contribution in [0.1, 0.15) is 6.92 Å². The van der Waals surface area contributed by atoms with Crippen molar-refractivity contribution in [3.63, 3.8) is 0 Å². The number of rotatable bonds is 4. The van der Waals surface area contributed by atoms with Crippen molar-refractivity contribution in [2.45, 2.75) is 30.6 Å². The number of aromatic nitrogens is 1. The van der Waals surface area contributed by atoms with Crippen LogP contribution in [0, 0.1) is 0 Å². The van der Waals surface area contributed by atoms with Crippen LogP contribution in [0.4, 0.5) is 0 Å². The maximum atomic E-state index is 12.9. The van der Waals surface area contributed by atoms with Crippen molar-refractivity contribution in [1.82, 2.24) is 4.57 Å². The Labute approximate surface area is 177 Å². The average molecular weight is 445 g/mol. The monoisotopic (exact) mass is 444 g/mol. The number of para-hydroxylation sites is 2. The molecule has 2 aromatic carbocycles. The zero-order valence-corrected chi connectivity index (χ0v) is 18.1. The summed E-state index contributed by atoms with van der Waals surface area (Å²) in [6.45, 7) is 5.94. The molecule has 2 unspecified atom stereocenters. The van der Waals surface area contributed by atoms with Crippen LogP contribution < -0.4 is 14.3 Å². The van der Waals surface area contributed by atoms with Crippen LogP contribution in [0.3, 0.4) is 0 Å². The number of amides is 1. The van der Waals surface area contributed by atoms with Crippen LogP contribution in [0.2, 0.25) is 0 Å². The van der Waals surface area contributed by atoms with Crippen molar-refractivity contribution in [1.29, 1.82) is 0 Å². The number of allylic oxidation sites excluding steroid dienone is 1. The Bertz CT molecular complexity index is 1320. The van der Waals surface area contributed by atoms with Gasteiger partial charge >= 0.3 is 0 Å². The summed E-state index contributed by atoms with van der Waals surface area (Å²) < 4.78 is 38.0. The Balaban J connectivity index is 1.77. The number of ether oxygens (including phenoxy) is 2. The van der Waals surface area contributed by atoms with E-state index in [4.69, 9.17) is 9.47 Å². The fraction of sp³-hybridized carbons (Fsp3) is 0.238. The van der Waals surface area contributed by atoms with E-state index in [-0.39, 0.29) is 4.90 Å². The van der Waals surface area contributed by atoms with Crippen molar-refractivity contribution < 1.29 is 22.7 Å². The van der Waals surface area contributed by atoms with Gasteiger partial charge in [0.15, 0.2) is 26.1 Å². The van der Waals surface area contributed by atoms with Crippen LogP contribution >= 0.6 is 11.3 Å². The van der Waals surface area contributed by atoms with Gasteiger partial charge in [0.25, 0.3) is 5.91 Å². The number of nitrogens with zero attached hydrogens (tertiary/aromatic N) is 2. The first kappa shape index (κ1) is 20.4. The molecule has 0 N–H and O–H groups in total. The van der Waals surface area contributed by atoms with Gasteiger partial charge in [-0.3, -0.25) is 4.79 Å². The summed E-state index contributed by atoms with van der Waals surface area (Å²) in [5, 5.41) is 0. The van der Waals surface area contributed by atoms with Crippen LogP contribution in [0.5, 0.6) is 11.5 Å². The van der Waals surface area contributed by atoms with E-state index in [2.05, 4.69) is 11.6 Å². The van der Waals surface area contributed by atoms with E-state index in [0.717, 1.165) is 11.8 Å². The summed E-state index contributed by atoms with van der Waals surface area (Å²) in [5.74, 6) is 0.618. The molecule has 1 aliphatic heterocycles. The molecule has 0 radical (unpaired) electrons. The molecule has 156 valence electrons. The molecule has 0 saturated heterocycles. The average Bonchev–Trinajstić information content (AvgIpc) is 3.03. The lowest BCUT2D eigenvalue weighted by Crippen LogP contribution is -2.43. The van der Waals surface area contributed by atoms with E-state index < -0.39 is 28.0 Å². The molecule has 0 bridgehead atoms. The minimum atomic E-state index is -3.34. The van der Waals surface area contributed by atoms with E-state index in [9.17, 15) is 13.2 Å². The van der Waals surface area contributed by atoms with Gasteiger partial charge in [-0.1, -0.05) is 29.5 Å². The largest absolute Gasteiger partial charge is 0.482 e. The quantitative estimate of drug-likeness (QED) is 0.578. The first-order valence-corrected chi connectivity index (χ1v) is 11.9. The Morgan fingerprint density at radius 3 is 2.60 bits per heavy atom. The number of carbonyl (C=O) groups excluding carboxylic acids is 1. The van der Waals surface area contributed by atoms with E-state index in [1.54, 1.807) is 49.4 Å². The molecule has 4 rings (SSSR count). The lowest BCUT2D eigenvalue weighted by atomic mass is 10.1.